The van der Waals surface area contributed by atoms with E-state index in [0.717, 1.165) is 5.56 Å². The Labute approximate surface area is 89.8 Å². The van der Waals surface area contributed by atoms with Gasteiger partial charge in [-0.25, -0.2) is 4.39 Å². The quantitative estimate of drug-likeness (QED) is 0.743. The van der Waals surface area contributed by atoms with Crippen molar-refractivity contribution >= 4 is 11.6 Å². The molecule has 1 N–H and O–H groups in total. The van der Waals surface area contributed by atoms with Crippen molar-refractivity contribution in [3.05, 3.63) is 42.2 Å². The first-order valence-electron chi connectivity index (χ1n) is 4.82. The molecule has 0 saturated carbocycles. The van der Waals surface area contributed by atoms with E-state index in [9.17, 15) is 9.18 Å². The first-order chi connectivity index (χ1) is 7.09. The van der Waals surface area contributed by atoms with Crippen molar-refractivity contribution in [2.24, 2.45) is 0 Å². The Bertz CT molecular complexity index is 347. The summed E-state index contributed by atoms with van der Waals surface area (Å²) >= 11 is 0. The van der Waals surface area contributed by atoms with Crippen LogP contribution < -0.4 is 5.32 Å². The fraction of sp³-hybridized carbons (Fsp3) is 0.250. The van der Waals surface area contributed by atoms with Gasteiger partial charge in [-0.15, -0.1) is 0 Å². The highest BCUT2D eigenvalue weighted by Crippen LogP contribution is 2.10. The van der Waals surface area contributed by atoms with Gasteiger partial charge in [-0.05, 0) is 24.6 Å². The molecule has 0 spiro atoms. The van der Waals surface area contributed by atoms with Crippen molar-refractivity contribution in [2.75, 3.05) is 5.32 Å². The fourth-order valence-corrected chi connectivity index (χ4v) is 0.922. The van der Waals surface area contributed by atoms with E-state index in [1.165, 1.54) is 0 Å². The molecule has 0 heterocycles. The van der Waals surface area contributed by atoms with E-state index in [2.05, 4.69) is 11.9 Å². The lowest BCUT2D eigenvalue weighted by atomic mass is 10.2. The van der Waals surface area contributed by atoms with Crippen LogP contribution in [-0.2, 0) is 4.79 Å². The lowest BCUT2D eigenvalue weighted by molar-refractivity contribution is -0.114. The molecule has 3 heteroatoms. The number of halogens is 1. The predicted octanol–water partition coefficient (Wildman–Crippen LogP) is 3.44. The highest BCUT2D eigenvalue weighted by Gasteiger charge is 2.04. The maximum atomic E-state index is 12.3. The molecule has 2 nitrogen and oxygen atoms in total. The molecule has 0 unspecified atom stereocenters. The normalized spacial score (nSPS) is 8.53. The van der Waals surface area contributed by atoms with Crippen molar-refractivity contribution in [3.8, 4) is 0 Å². The van der Waals surface area contributed by atoms with Crippen LogP contribution in [0.4, 0.5) is 10.1 Å². The Morgan fingerprint density at radius 1 is 1.40 bits per heavy atom. The van der Waals surface area contributed by atoms with Gasteiger partial charge in [-0.2, -0.15) is 0 Å². The monoisotopic (exact) mass is 209 g/mol. The van der Waals surface area contributed by atoms with E-state index in [1.54, 1.807) is 18.2 Å². The molecule has 0 aromatic heterocycles. The van der Waals surface area contributed by atoms with Gasteiger partial charge in [0, 0.05) is 5.69 Å². The maximum Gasteiger partial charge on any atom is 0.283 e. The lowest BCUT2D eigenvalue weighted by Gasteiger charge is -2.02. The number of hydrogen-bond donors (Lipinski definition) is 1. The van der Waals surface area contributed by atoms with Crippen LogP contribution in [0.1, 0.15) is 19.4 Å². The summed E-state index contributed by atoms with van der Waals surface area (Å²) in [5.41, 5.74) is 1.58. The van der Waals surface area contributed by atoms with Crippen LogP contribution in [0.2, 0.25) is 0 Å². The summed E-state index contributed by atoms with van der Waals surface area (Å²) in [4.78, 5) is 10.8. The number of amides is 1. The Hall–Kier alpha value is -1.64. The van der Waals surface area contributed by atoms with Gasteiger partial charge >= 0.3 is 0 Å². The van der Waals surface area contributed by atoms with Crippen LogP contribution in [0.3, 0.4) is 0 Å². The Balaban J connectivity index is 0.000000921. The standard InChI is InChI=1S/C10H10FNO.C2H6/c1-7-4-3-5-9(6-7)12-10(13)8(2)11;1-2/h3-6H,2H2,1H3,(H,12,13);1-2H3. The van der Waals surface area contributed by atoms with Gasteiger partial charge in [0.05, 0.1) is 0 Å². The average molecular weight is 209 g/mol. The average Bonchev–Trinajstić information content (AvgIpc) is 2.20. The van der Waals surface area contributed by atoms with E-state index in [-0.39, 0.29) is 0 Å². The minimum Gasteiger partial charge on any atom is -0.320 e. The van der Waals surface area contributed by atoms with Gasteiger partial charge in [0.2, 0.25) is 0 Å². The van der Waals surface area contributed by atoms with E-state index in [0.29, 0.717) is 5.69 Å². The van der Waals surface area contributed by atoms with Gasteiger partial charge in [0.1, 0.15) is 0 Å². The molecule has 0 atom stereocenters. The number of hydrogen-bond acceptors (Lipinski definition) is 1. The van der Waals surface area contributed by atoms with Crippen molar-refractivity contribution in [2.45, 2.75) is 20.8 Å². The molecule has 1 aromatic carbocycles. The van der Waals surface area contributed by atoms with Gasteiger partial charge in [0.15, 0.2) is 5.83 Å². The SMILES string of the molecule is C=C(F)C(=O)Nc1cccc(C)c1.CC. The molecular formula is C12H16FNO. The van der Waals surface area contributed by atoms with E-state index < -0.39 is 11.7 Å². The largest absolute Gasteiger partial charge is 0.320 e. The summed E-state index contributed by atoms with van der Waals surface area (Å²) in [6, 6.07) is 7.11. The third-order valence-electron chi connectivity index (χ3n) is 1.52. The smallest absolute Gasteiger partial charge is 0.283 e. The molecule has 1 aromatic rings. The topological polar surface area (TPSA) is 29.1 Å². The van der Waals surface area contributed by atoms with Gasteiger partial charge in [-0.1, -0.05) is 32.6 Å². The Kier molecular flexibility index (Phi) is 6.02. The number of nitrogens with one attached hydrogen (secondary N) is 1. The molecule has 82 valence electrons. The van der Waals surface area contributed by atoms with Gasteiger partial charge in [0.25, 0.3) is 5.91 Å². The summed E-state index contributed by atoms with van der Waals surface area (Å²) in [7, 11) is 0. The number of rotatable bonds is 2. The first kappa shape index (κ1) is 13.4. The second kappa shape index (κ2) is 6.76. The number of carbonyl (C=O) groups excluding carboxylic acids is 1. The van der Waals surface area contributed by atoms with Crippen molar-refractivity contribution in [1.29, 1.82) is 0 Å². The predicted molar refractivity (Wildman–Crippen MR) is 61.4 cm³/mol. The maximum absolute atomic E-state index is 12.3. The second-order valence-electron chi connectivity index (χ2n) is 2.73. The summed E-state index contributed by atoms with van der Waals surface area (Å²) in [6.07, 6.45) is 0. The highest BCUT2D eigenvalue weighted by molar-refractivity contribution is 6.01. The molecule has 0 aliphatic rings. The van der Waals surface area contributed by atoms with E-state index in [4.69, 9.17) is 0 Å². The molecule has 1 rings (SSSR count). The fourth-order valence-electron chi connectivity index (χ4n) is 0.922. The Morgan fingerprint density at radius 2 is 2.00 bits per heavy atom. The van der Waals surface area contributed by atoms with Crippen LogP contribution in [0.5, 0.6) is 0 Å². The lowest BCUT2D eigenvalue weighted by Crippen LogP contribution is -2.10. The number of carbonyl (C=O) groups is 1. The van der Waals surface area contributed by atoms with Crippen molar-refractivity contribution in [1.82, 2.24) is 0 Å². The molecule has 0 aliphatic heterocycles. The third-order valence-corrected chi connectivity index (χ3v) is 1.52. The summed E-state index contributed by atoms with van der Waals surface area (Å²) < 4.78 is 12.3. The summed E-state index contributed by atoms with van der Waals surface area (Å²) in [5.74, 6) is -1.79. The van der Waals surface area contributed by atoms with Crippen LogP contribution >= 0.6 is 0 Å². The van der Waals surface area contributed by atoms with Crippen molar-refractivity contribution in [3.63, 3.8) is 0 Å². The zero-order chi connectivity index (χ0) is 11.8. The second-order valence-corrected chi connectivity index (χ2v) is 2.73. The van der Waals surface area contributed by atoms with Crippen LogP contribution in [0, 0.1) is 6.92 Å². The van der Waals surface area contributed by atoms with Gasteiger partial charge < -0.3 is 5.32 Å². The van der Waals surface area contributed by atoms with Crippen LogP contribution in [0.15, 0.2) is 36.7 Å². The molecule has 15 heavy (non-hydrogen) atoms. The zero-order valence-electron chi connectivity index (χ0n) is 9.30. The zero-order valence-corrected chi connectivity index (χ0v) is 9.30. The number of anilines is 1. The molecule has 0 bridgehead atoms. The summed E-state index contributed by atoms with van der Waals surface area (Å²) in [6.45, 7) is 8.78. The molecule has 0 radical (unpaired) electrons. The Morgan fingerprint density at radius 3 is 2.47 bits per heavy atom. The van der Waals surface area contributed by atoms with Gasteiger partial charge in [-0.3, -0.25) is 4.79 Å². The van der Waals surface area contributed by atoms with E-state index >= 15 is 0 Å². The minimum atomic E-state index is -0.985. The molecule has 1 amide bonds. The summed E-state index contributed by atoms with van der Waals surface area (Å²) in [5, 5.41) is 2.37. The molecule has 0 fully saturated rings. The molecule has 0 saturated heterocycles. The van der Waals surface area contributed by atoms with Crippen LogP contribution in [-0.4, -0.2) is 5.91 Å². The highest BCUT2D eigenvalue weighted by atomic mass is 19.1. The molecule has 0 aliphatic carbocycles. The van der Waals surface area contributed by atoms with E-state index in [1.807, 2.05) is 26.8 Å². The first-order valence-corrected chi connectivity index (χ1v) is 4.82. The molecular weight excluding hydrogens is 193 g/mol. The van der Waals surface area contributed by atoms with Crippen molar-refractivity contribution < 1.29 is 9.18 Å². The number of aryl methyl sites for hydroxylation is 1. The number of benzene rings is 1. The minimum absolute atomic E-state index is 0.573. The third kappa shape index (κ3) is 4.96. The van der Waals surface area contributed by atoms with Crippen LogP contribution in [0.25, 0.3) is 0 Å².